The van der Waals surface area contributed by atoms with Crippen LogP contribution >= 0.6 is 0 Å². The van der Waals surface area contributed by atoms with E-state index < -0.39 is 0 Å². The highest BCUT2D eigenvalue weighted by Crippen LogP contribution is 2.23. The molecule has 0 spiro atoms. The molecule has 1 unspecified atom stereocenters. The molecular formula is C31H29FN2O3. The summed E-state index contributed by atoms with van der Waals surface area (Å²) in [4.78, 5) is 19.6. The van der Waals surface area contributed by atoms with Crippen LogP contribution in [-0.2, 0) is 17.8 Å². The molecule has 1 aromatic heterocycles. The number of pyridine rings is 1. The van der Waals surface area contributed by atoms with E-state index in [2.05, 4.69) is 4.98 Å². The molecule has 1 fully saturated rings. The standard InChI is InChI=1S/C31H29FN2O3/c32-28-6-1-5-27(18-28)25-10-12-26(13-11-25)31(35)34(21-24-4-2-16-33-19-24)20-23-8-14-29(15-9-23)37-22-30-7-3-17-36-30/h1-2,4-6,8-16,18-19,30H,3,7,17,20-22H2. The first-order valence-electron chi connectivity index (χ1n) is 12.5. The summed E-state index contributed by atoms with van der Waals surface area (Å²) in [6.45, 7) is 2.22. The molecule has 5 nitrogen and oxygen atoms in total. The summed E-state index contributed by atoms with van der Waals surface area (Å²) < 4.78 is 25.1. The molecule has 2 heterocycles. The van der Waals surface area contributed by atoms with Gasteiger partial charge in [-0.3, -0.25) is 9.78 Å². The van der Waals surface area contributed by atoms with E-state index in [9.17, 15) is 9.18 Å². The summed E-state index contributed by atoms with van der Waals surface area (Å²) in [5.74, 6) is 0.411. The van der Waals surface area contributed by atoms with Gasteiger partial charge >= 0.3 is 0 Å². The van der Waals surface area contributed by atoms with Gasteiger partial charge in [-0.25, -0.2) is 4.39 Å². The lowest BCUT2D eigenvalue weighted by Crippen LogP contribution is -2.30. The predicted octanol–water partition coefficient (Wildman–Crippen LogP) is 6.29. The zero-order valence-corrected chi connectivity index (χ0v) is 20.6. The first-order chi connectivity index (χ1) is 18.1. The number of hydrogen-bond donors (Lipinski definition) is 0. The molecule has 1 saturated heterocycles. The summed E-state index contributed by atoms with van der Waals surface area (Å²) in [7, 11) is 0. The Morgan fingerprint density at radius 1 is 0.946 bits per heavy atom. The molecule has 0 radical (unpaired) electrons. The van der Waals surface area contributed by atoms with E-state index in [1.807, 2.05) is 54.6 Å². The topological polar surface area (TPSA) is 51.7 Å². The summed E-state index contributed by atoms with van der Waals surface area (Å²) in [5, 5.41) is 0. The van der Waals surface area contributed by atoms with Crippen LogP contribution in [0.3, 0.4) is 0 Å². The molecule has 1 aliphatic heterocycles. The normalized spacial score (nSPS) is 14.9. The average molecular weight is 497 g/mol. The molecule has 1 aliphatic rings. The number of rotatable bonds is 9. The van der Waals surface area contributed by atoms with Crippen molar-refractivity contribution in [3.05, 3.63) is 120 Å². The minimum absolute atomic E-state index is 0.0895. The zero-order valence-electron chi connectivity index (χ0n) is 20.6. The highest BCUT2D eigenvalue weighted by Gasteiger charge is 2.18. The Bertz CT molecular complexity index is 1300. The SMILES string of the molecule is O=C(c1ccc(-c2cccc(F)c2)cc1)N(Cc1ccc(OCC2CCCO2)cc1)Cc1cccnc1. The molecule has 0 aliphatic carbocycles. The third-order valence-corrected chi connectivity index (χ3v) is 6.43. The van der Waals surface area contributed by atoms with E-state index in [1.165, 1.54) is 12.1 Å². The van der Waals surface area contributed by atoms with Gasteiger partial charge in [0.2, 0.25) is 0 Å². The van der Waals surface area contributed by atoms with Crippen LogP contribution in [0.2, 0.25) is 0 Å². The maximum absolute atomic E-state index is 13.6. The van der Waals surface area contributed by atoms with Crippen molar-refractivity contribution in [1.29, 1.82) is 0 Å². The van der Waals surface area contributed by atoms with Crippen molar-refractivity contribution in [2.75, 3.05) is 13.2 Å². The van der Waals surface area contributed by atoms with E-state index >= 15 is 0 Å². The summed E-state index contributed by atoms with van der Waals surface area (Å²) in [6.07, 6.45) is 5.78. The van der Waals surface area contributed by atoms with E-state index in [0.717, 1.165) is 47.5 Å². The number of aromatic nitrogens is 1. The van der Waals surface area contributed by atoms with Gasteiger partial charge in [-0.15, -0.1) is 0 Å². The van der Waals surface area contributed by atoms with Gasteiger partial charge in [-0.05, 0) is 77.6 Å². The highest BCUT2D eigenvalue weighted by molar-refractivity contribution is 5.94. The monoisotopic (exact) mass is 496 g/mol. The molecule has 0 bridgehead atoms. The maximum Gasteiger partial charge on any atom is 0.254 e. The molecule has 1 atom stereocenters. The Balaban J connectivity index is 1.30. The van der Waals surface area contributed by atoms with Gasteiger partial charge in [0, 0.05) is 37.7 Å². The van der Waals surface area contributed by atoms with Gasteiger partial charge in [-0.1, -0.05) is 42.5 Å². The number of carbonyl (C=O) groups is 1. The van der Waals surface area contributed by atoms with E-state index in [0.29, 0.717) is 25.3 Å². The number of ether oxygens (including phenoxy) is 2. The highest BCUT2D eigenvalue weighted by atomic mass is 19.1. The van der Waals surface area contributed by atoms with Crippen LogP contribution in [0.1, 0.15) is 34.3 Å². The molecule has 0 saturated carbocycles. The Morgan fingerprint density at radius 2 is 1.76 bits per heavy atom. The smallest absolute Gasteiger partial charge is 0.254 e. The van der Waals surface area contributed by atoms with Crippen molar-refractivity contribution < 1.29 is 18.7 Å². The Labute approximate surface area is 216 Å². The van der Waals surface area contributed by atoms with Crippen LogP contribution in [0.4, 0.5) is 4.39 Å². The molecule has 4 aromatic rings. The van der Waals surface area contributed by atoms with Crippen molar-refractivity contribution >= 4 is 5.91 Å². The van der Waals surface area contributed by atoms with Gasteiger partial charge in [0.25, 0.3) is 5.91 Å². The quantitative estimate of drug-likeness (QED) is 0.273. The van der Waals surface area contributed by atoms with Crippen LogP contribution in [0.5, 0.6) is 5.75 Å². The number of benzene rings is 3. The molecule has 1 amide bonds. The van der Waals surface area contributed by atoms with Crippen molar-refractivity contribution in [3.63, 3.8) is 0 Å². The molecule has 0 N–H and O–H groups in total. The second-order valence-electron chi connectivity index (χ2n) is 9.20. The average Bonchev–Trinajstić information content (AvgIpc) is 3.46. The molecule has 3 aromatic carbocycles. The lowest BCUT2D eigenvalue weighted by atomic mass is 10.0. The lowest BCUT2D eigenvalue weighted by Gasteiger charge is -2.23. The molecule has 5 rings (SSSR count). The van der Waals surface area contributed by atoms with Crippen molar-refractivity contribution in [2.24, 2.45) is 0 Å². The predicted molar refractivity (Wildman–Crippen MR) is 141 cm³/mol. The minimum Gasteiger partial charge on any atom is -0.491 e. The lowest BCUT2D eigenvalue weighted by molar-refractivity contribution is 0.0679. The summed E-state index contributed by atoms with van der Waals surface area (Å²) in [6, 6.07) is 25.4. The van der Waals surface area contributed by atoms with Gasteiger partial charge in [0.05, 0.1) is 6.10 Å². The fourth-order valence-electron chi connectivity index (χ4n) is 4.44. The Hall–Kier alpha value is -4.03. The van der Waals surface area contributed by atoms with Gasteiger partial charge in [-0.2, -0.15) is 0 Å². The number of halogens is 1. The van der Waals surface area contributed by atoms with Crippen LogP contribution in [0, 0.1) is 5.82 Å². The fourth-order valence-corrected chi connectivity index (χ4v) is 4.44. The van der Waals surface area contributed by atoms with Crippen molar-refractivity contribution in [3.8, 4) is 16.9 Å². The number of nitrogens with zero attached hydrogens (tertiary/aromatic N) is 2. The zero-order chi connectivity index (χ0) is 25.5. The van der Waals surface area contributed by atoms with Gasteiger partial charge < -0.3 is 14.4 Å². The summed E-state index contributed by atoms with van der Waals surface area (Å²) >= 11 is 0. The number of hydrogen-bond acceptors (Lipinski definition) is 4. The van der Waals surface area contributed by atoms with Crippen LogP contribution in [0.15, 0.2) is 97.3 Å². The van der Waals surface area contributed by atoms with Crippen LogP contribution in [-0.4, -0.2) is 35.1 Å². The maximum atomic E-state index is 13.6. The van der Waals surface area contributed by atoms with E-state index in [-0.39, 0.29) is 17.8 Å². The Morgan fingerprint density at radius 3 is 2.46 bits per heavy atom. The number of amides is 1. The van der Waals surface area contributed by atoms with Crippen molar-refractivity contribution in [1.82, 2.24) is 9.88 Å². The fraction of sp³-hybridized carbons (Fsp3) is 0.226. The first kappa shape index (κ1) is 24.7. The minimum atomic E-state index is -0.288. The molecule has 188 valence electrons. The molecule has 6 heteroatoms. The molecular weight excluding hydrogens is 467 g/mol. The second-order valence-corrected chi connectivity index (χ2v) is 9.20. The summed E-state index contributed by atoms with van der Waals surface area (Å²) in [5.41, 5.74) is 4.14. The Kier molecular flexibility index (Phi) is 7.87. The van der Waals surface area contributed by atoms with Crippen LogP contribution < -0.4 is 4.74 Å². The van der Waals surface area contributed by atoms with Crippen molar-refractivity contribution in [2.45, 2.75) is 32.0 Å². The van der Waals surface area contributed by atoms with Crippen LogP contribution in [0.25, 0.3) is 11.1 Å². The van der Waals surface area contributed by atoms with Gasteiger partial charge in [0.1, 0.15) is 18.2 Å². The van der Waals surface area contributed by atoms with E-state index in [4.69, 9.17) is 9.47 Å². The third kappa shape index (κ3) is 6.60. The third-order valence-electron chi connectivity index (χ3n) is 6.43. The largest absolute Gasteiger partial charge is 0.491 e. The second kappa shape index (κ2) is 11.8. The molecule has 37 heavy (non-hydrogen) atoms. The van der Waals surface area contributed by atoms with Gasteiger partial charge in [0.15, 0.2) is 0 Å². The van der Waals surface area contributed by atoms with E-state index in [1.54, 1.807) is 35.5 Å². The first-order valence-corrected chi connectivity index (χ1v) is 12.5. The number of carbonyl (C=O) groups excluding carboxylic acids is 1.